The van der Waals surface area contributed by atoms with Gasteiger partial charge in [-0.1, -0.05) is 80.0 Å². The highest BCUT2D eigenvalue weighted by Crippen LogP contribution is 2.28. The van der Waals surface area contributed by atoms with E-state index in [0.29, 0.717) is 35.8 Å². The van der Waals surface area contributed by atoms with Gasteiger partial charge >= 0.3 is 0 Å². The molecule has 5 rings (SSSR count). The zero-order valence-corrected chi connectivity index (χ0v) is 23.7. The number of fused-ring (bicyclic) bond motifs is 2. The number of hydrogen-bond acceptors (Lipinski definition) is 6. The Morgan fingerprint density at radius 1 is 1.00 bits per heavy atom. The third kappa shape index (κ3) is 7.60. The van der Waals surface area contributed by atoms with Crippen LogP contribution in [0.3, 0.4) is 0 Å². The van der Waals surface area contributed by atoms with Crippen LogP contribution in [0, 0.1) is 5.21 Å². The first-order valence-corrected chi connectivity index (χ1v) is 13.7. The van der Waals surface area contributed by atoms with Crippen molar-refractivity contribution in [3.8, 4) is 5.75 Å². The Morgan fingerprint density at radius 2 is 1.73 bits per heavy atom. The molecule has 3 N–H and O–H groups in total. The van der Waals surface area contributed by atoms with Crippen LogP contribution < -0.4 is 15.4 Å². The van der Waals surface area contributed by atoms with Crippen LogP contribution in [0.15, 0.2) is 96.0 Å². The van der Waals surface area contributed by atoms with Gasteiger partial charge in [-0.05, 0) is 41.8 Å². The van der Waals surface area contributed by atoms with Crippen LogP contribution in [0.25, 0.3) is 10.8 Å². The summed E-state index contributed by atoms with van der Waals surface area (Å²) < 4.78 is 6.67. The summed E-state index contributed by atoms with van der Waals surface area (Å²) in [6, 6.07) is 29.4. The van der Waals surface area contributed by atoms with E-state index in [1.807, 2.05) is 66.7 Å². The van der Waals surface area contributed by atoms with Gasteiger partial charge in [0, 0.05) is 35.6 Å². The fraction of sp³-hybridized carbons (Fsp3) is 0.250. The molecule has 0 spiro atoms. The lowest BCUT2D eigenvalue weighted by atomic mass is 10.0. The minimum absolute atomic E-state index is 0.174. The Kier molecular flexibility index (Phi) is 10.1. The van der Waals surface area contributed by atoms with Gasteiger partial charge in [0.15, 0.2) is 5.84 Å². The molecule has 1 atom stereocenters. The second-order valence-corrected chi connectivity index (χ2v) is 10.2. The molecular weight excluding hydrogens is 524 g/mol. The summed E-state index contributed by atoms with van der Waals surface area (Å²) in [4.78, 5) is 4.51. The van der Waals surface area contributed by atoms with Crippen molar-refractivity contribution >= 4 is 39.6 Å². The highest BCUT2D eigenvalue weighted by atomic mass is 35.5. The van der Waals surface area contributed by atoms with E-state index in [9.17, 15) is 10.3 Å². The molecule has 0 aliphatic carbocycles. The first-order valence-electron chi connectivity index (χ1n) is 13.3. The molecule has 0 saturated heterocycles. The summed E-state index contributed by atoms with van der Waals surface area (Å²) in [5.41, 5.74) is 2.92. The Bertz CT molecular complexity index is 1480. The molecule has 0 amide bonds. The van der Waals surface area contributed by atoms with Crippen molar-refractivity contribution in [2.24, 2.45) is 4.99 Å². The van der Waals surface area contributed by atoms with Gasteiger partial charge < -0.3 is 25.7 Å². The lowest BCUT2D eigenvalue weighted by Gasteiger charge is -2.15. The number of hydrogen-bond donors (Lipinski definition) is 3. The fourth-order valence-electron chi connectivity index (χ4n) is 4.29. The molecule has 7 nitrogen and oxygen atoms in total. The highest BCUT2D eigenvalue weighted by Gasteiger charge is 2.24. The van der Waals surface area contributed by atoms with Crippen LogP contribution in [0.5, 0.6) is 5.75 Å². The topological polar surface area (TPSA) is 92.0 Å². The van der Waals surface area contributed by atoms with Crippen molar-refractivity contribution in [1.82, 2.24) is 10.6 Å². The predicted molar refractivity (Wildman–Crippen MR) is 164 cm³/mol. The number of amidine groups is 1. The monoisotopic (exact) mass is 558 g/mol. The Balaban J connectivity index is 0.000000186. The molecule has 1 heterocycles. The lowest BCUT2D eigenvalue weighted by molar-refractivity contribution is -0.439. The largest absolute Gasteiger partial charge is 0.623 e. The molecule has 0 aromatic heterocycles. The standard InChI is InChI=1S/C16H14ClN3O.C16H21NO2/c1-18-15-10-20(21)16(11-5-3-2-4-6-11)13-9-12(17)7-8-14(13)19-15;1-12(2)17-10-14(18)11-19-16-9-5-7-13-6-3-4-8-15(13)16/h2-9H,10H2,1H3,(H,18,19);3-9,12,14,17-18H,10-11H2,1-2H3. The van der Waals surface area contributed by atoms with E-state index in [1.165, 1.54) is 0 Å². The minimum atomic E-state index is -0.499. The van der Waals surface area contributed by atoms with Gasteiger partial charge in [0.2, 0.25) is 12.3 Å². The molecular formula is C32H35ClN4O3. The maximum Gasteiger partial charge on any atom is 0.228 e. The molecule has 4 aromatic carbocycles. The van der Waals surface area contributed by atoms with Gasteiger partial charge in [-0.25, -0.2) is 4.99 Å². The number of aliphatic imine (C=N–C) groups is 1. The van der Waals surface area contributed by atoms with Gasteiger partial charge in [0.05, 0.1) is 11.3 Å². The summed E-state index contributed by atoms with van der Waals surface area (Å²) in [6.45, 7) is 5.12. The second-order valence-electron chi connectivity index (χ2n) is 9.73. The lowest BCUT2D eigenvalue weighted by Crippen LogP contribution is -2.35. The van der Waals surface area contributed by atoms with E-state index in [1.54, 1.807) is 19.2 Å². The number of nitrogens with zero attached hydrogens (tertiary/aromatic N) is 2. The molecule has 4 aromatic rings. The SMILES string of the molecule is CC(C)NCC(O)COc1cccc2ccccc12.CNC1=Nc2ccc(Cl)cc2C(c2ccccc2)=[N+]([O-])C1. The van der Waals surface area contributed by atoms with Crippen LogP contribution in [-0.2, 0) is 0 Å². The minimum Gasteiger partial charge on any atom is -0.623 e. The van der Waals surface area contributed by atoms with Gasteiger partial charge in [0.25, 0.3) is 0 Å². The molecule has 0 radical (unpaired) electrons. The number of ether oxygens (including phenoxy) is 1. The van der Waals surface area contributed by atoms with E-state index in [0.717, 1.165) is 38.1 Å². The van der Waals surface area contributed by atoms with Gasteiger partial charge in [0.1, 0.15) is 18.5 Å². The van der Waals surface area contributed by atoms with E-state index in [2.05, 4.69) is 41.6 Å². The molecule has 8 heteroatoms. The maximum atomic E-state index is 12.6. The summed E-state index contributed by atoms with van der Waals surface area (Å²) in [5.74, 6) is 1.45. The average molecular weight is 559 g/mol. The fourth-order valence-corrected chi connectivity index (χ4v) is 4.47. The smallest absolute Gasteiger partial charge is 0.228 e. The quantitative estimate of drug-likeness (QED) is 0.205. The number of rotatable bonds is 7. The maximum absolute atomic E-state index is 12.6. The number of hydroxylamine groups is 1. The summed E-state index contributed by atoms with van der Waals surface area (Å²) in [7, 11) is 1.76. The van der Waals surface area contributed by atoms with E-state index >= 15 is 0 Å². The van der Waals surface area contributed by atoms with E-state index < -0.39 is 6.10 Å². The van der Waals surface area contributed by atoms with Gasteiger partial charge in [-0.15, -0.1) is 0 Å². The number of halogens is 1. The molecule has 1 unspecified atom stereocenters. The number of aliphatic hydroxyl groups excluding tert-OH is 1. The molecule has 208 valence electrons. The van der Waals surface area contributed by atoms with Crippen molar-refractivity contribution in [1.29, 1.82) is 0 Å². The van der Waals surface area contributed by atoms with Crippen molar-refractivity contribution < 1.29 is 14.6 Å². The van der Waals surface area contributed by atoms with Crippen molar-refractivity contribution in [2.75, 3.05) is 26.7 Å². The Labute approximate surface area is 240 Å². The van der Waals surface area contributed by atoms with E-state index in [4.69, 9.17) is 16.3 Å². The molecule has 0 fully saturated rings. The molecule has 0 bridgehead atoms. The molecule has 1 aliphatic rings. The van der Waals surface area contributed by atoms with Crippen molar-refractivity contribution in [3.05, 3.63) is 112 Å². The zero-order valence-electron chi connectivity index (χ0n) is 23.0. The molecule has 1 aliphatic heterocycles. The molecule has 0 saturated carbocycles. The van der Waals surface area contributed by atoms with Gasteiger partial charge in [-0.3, -0.25) is 0 Å². The van der Waals surface area contributed by atoms with Crippen LogP contribution >= 0.6 is 11.6 Å². The average Bonchev–Trinajstić information content (AvgIpc) is 3.10. The normalized spacial score (nSPS) is 13.6. The van der Waals surface area contributed by atoms with E-state index in [-0.39, 0.29) is 6.54 Å². The van der Waals surface area contributed by atoms with Crippen molar-refractivity contribution in [2.45, 2.75) is 26.0 Å². The number of likely N-dealkylation sites (N-methyl/N-ethyl adjacent to an activating group) is 1. The summed E-state index contributed by atoms with van der Waals surface area (Å²) >= 11 is 6.10. The first-order chi connectivity index (χ1) is 19.4. The third-order valence-corrected chi connectivity index (χ3v) is 6.53. The summed E-state index contributed by atoms with van der Waals surface area (Å²) in [6.07, 6.45) is -0.499. The number of benzene rings is 4. The third-order valence-electron chi connectivity index (χ3n) is 6.29. The van der Waals surface area contributed by atoms with Crippen LogP contribution in [0.1, 0.15) is 25.0 Å². The Hall–Kier alpha value is -3.91. The highest BCUT2D eigenvalue weighted by molar-refractivity contribution is 6.31. The second kappa shape index (κ2) is 13.9. The first kappa shape index (κ1) is 29.1. The summed E-state index contributed by atoms with van der Waals surface area (Å²) in [5, 5.41) is 31.4. The molecule has 40 heavy (non-hydrogen) atoms. The Morgan fingerprint density at radius 3 is 2.48 bits per heavy atom. The number of nitrogens with one attached hydrogen (secondary N) is 2. The van der Waals surface area contributed by atoms with Crippen LogP contribution in [0.2, 0.25) is 5.02 Å². The predicted octanol–water partition coefficient (Wildman–Crippen LogP) is 5.53. The van der Waals surface area contributed by atoms with Crippen LogP contribution in [-0.4, -0.2) is 60.3 Å². The van der Waals surface area contributed by atoms with Crippen LogP contribution in [0.4, 0.5) is 5.69 Å². The zero-order chi connectivity index (χ0) is 28.5. The van der Waals surface area contributed by atoms with Gasteiger partial charge in [-0.2, -0.15) is 4.74 Å². The van der Waals surface area contributed by atoms with Crippen molar-refractivity contribution in [3.63, 3.8) is 0 Å². The number of aliphatic hydroxyl groups is 1.